The molecule has 4 heterocycles. The molecule has 40 heavy (non-hydrogen) atoms. The van der Waals surface area contributed by atoms with E-state index in [1.54, 1.807) is 43.5 Å². The molecule has 1 atom stereocenters. The normalized spacial score (nSPS) is 16.6. The maximum absolute atomic E-state index is 13.1. The fourth-order valence-corrected chi connectivity index (χ4v) is 4.33. The topological polar surface area (TPSA) is 105 Å². The number of furan rings is 1. The Morgan fingerprint density at radius 3 is 2.52 bits per heavy atom. The quantitative estimate of drug-likeness (QED) is 0.321. The number of nitrogens with zero attached hydrogens (tertiary/aromatic N) is 4. The average molecular weight is 546 g/mol. The summed E-state index contributed by atoms with van der Waals surface area (Å²) in [5, 5.41) is -2.32. The van der Waals surface area contributed by atoms with Crippen LogP contribution in [0, 0.1) is 0 Å². The van der Waals surface area contributed by atoms with Crippen LogP contribution in [0.1, 0.15) is 23.2 Å². The second-order valence-corrected chi connectivity index (χ2v) is 9.65. The molecule has 3 amide bonds. The fraction of sp³-hybridized carbons (Fsp3) is 0.304. The van der Waals surface area contributed by atoms with Gasteiger partial charge in [0.15, 0.2) is 11.5 Å². The zero-order valence-corrected chi connectivity index (χ0v) is 22.1. The van der Waals surface area contributed by atoms with Gasteiger partial charge in [0, 0.05) is 11.2 Å². The van der Waals surface area contributed by atoms with Crippen LogP contribution in [0.2, 0.25) is 5.02 Å². The van der Waals surface area contributed by atoms with Crippen LogP contribution < -0.4 is 9.57 Å². The van der Waals surface area contributed by atoms with Crippen LogP contribution in [0.15, 0.2) is 40.9 Å². The van der Waals surface area contributed by atoms with Crippen molar-refractivity contribution in [3.8, 4) is 11.5 Å². The number of pyridine rings is 1. The number of carbonyl (C=O) groups is 3. The Morgan fingerprint density at radius 2 is 1.90 bits per heavy atom. The SMILES string of the molecule is O=CN1Cc2ncccc2O1.[B]C([B])([B])N(C(=O)CN1C(=O)c2oc3ccc(Cl)cc3c2OCC1C)C([B])([B])[B]. The number of rotatable bonds is 5. The minimum absolute atomic E-state index is 0.0746. The summed E-state index contributed by atoms with van der Waals surface area (Å²) in [7, 11) is 33.5. The van der Waals surface area contributed by atoms with Crippen molar-refractivity contribution < 1.29 is 28.4 Å². The van der Waals surface area contributed by atoms with Crippen molar-refractivity contribution in [2.75, 3.05) is 13.2 Å². The van der Waals surface area contributed by atoms with E-state index in [2.05, 4.69) is 4.98 Å². The third-order valence-corrected chi connectivity index (χ3v) is 6.11. The second-order valence-electron chi connectivity index (χ2n) is 9.22. The summed E-state index contributed by atoms with van der Waals surface area (Å²) in [5.41, 5.74) is 1.21. The van der Waals surface area contributed by atoms with Gasteiger partial charge in [0.25, 0.3) is 5.91 Å². The van der Waals surface area contributed by atoms with E-state index >= 15 is 0 Å². The third kappa shape index (κ3) is 6.16. The zero-order chi connectivity index (χ0) is 29.4. The second kappa shape index (κ2) is 11.2. The molecule has 1 aromatic carbocycles. The lowest BCUT2D eigenvalue weighted by atomic mass is 9.40. The number of fused-ring (bicyclic) bond motifs is 4. The third-order valence-electron chi connectivity index (χ3n) is 5.88. The minimum Gasteiger partial charge on any atom is -0.487 e. The van der Waals surface area contributed by atoms with Gasteiger partial charge in [0.2, 0.25) is 18.1 Å². The van der Waals surface area contributed by atoms with Crippen molar-refractivity contribution in [3.05, 3.63) is 53.0 Å². The fourth-order valence-electron chi connectivity index (χ4n) is 4.16. The maximum atomic E-state index is 13.1. The molecule has 0 N–H and O–H groups in total. The lowest BCUT2D eigenvalue weighted by Crippen LogP contribution is -2.67. The van der Waals surface area contributed by atoms with Gasteiger partial charge in [-0.1, -0.05) is 22.1 Å². The van der Waals surface area contributed by atoms with Gasteiger partial charge >= 0.3 is 0 Å². The highest BCUT2D eigenvalue weighted by Gasteiger charge is 2.38. The van der Waals surface area contributed by atoms with Gasteiger partial charge in [-0.05, 0) is 37.3 Å². The molecule has 17 heteroatoms. The first-order valence-electron chi connectivity index (χ1n) is 11.8. The standard InChI is InChI=1S/C16H11B6ClN2O4.C7H6N2O2/c1-7-6-28-12-9-4-8(23)2-3-10(9)29-13(12)14(27)24(7)5-11(26)25(15(17,18)19)16(20,21)22;10-5-9-4-6-7(11-9)2-1-3-8-6/h2-4,7H,5-6H2,1H3;1-3,5H,4H2. The highest BCUT2D eigenvalue weighted by Crippen LogP contribution is 2.37. The molecule has 3 aromatic rings. The lowest BCUT2D eigenvalue weighted by molar-refractivity contribution is -0.139. The van der Waals surface area contributed by atoms with Crippen LogP contribution in [0.25, 0.3) is 11.0 Å². The van der Waals surface area contributed by atoms with Gasteiger partial charge in [0.05, 0.1) is 58.5 Å². The highest BCUT2D eigenvalue weighted by molar-refractivity contribution is 6.64. The van der Waals surface area contributed by atoms with Crippen LogP contribution in [-0.2, 0) is 16.1 Å². The summed E-state index contributed by atoms with van der Waals surface area (Å²) >= 11 is 6.03. The first-order chi connectivity index (χ1) is 18.7. The molecule has 0 bridgehead atoms. The molecule has 5 rings (SSSR count). The van der Waals surface area contributed by atoms with Crippen molar-refractivity contribution in [2.24, 2.45) is 0 Å². The van der Waals surface area contributed by atoms with Crippen molar-refractivity contribution in [2.45, 2.75) is 30.0 Å². The molecular weight excluding hydrogens is 529 g/mol. The van der Waals surface area contributed by atoms with Crippen molar-refractivity contribution >= 4 is 87.9 Å². The number of benzene rings is 1. The number of carbonyl (C=O) groups excluding carboxylic acids is 3. The van der Waals surface area contributed by atoms with Crippen molar-refractivity contribution in [1.82, 2.24) is 19.8 Å². The number of aromatic nitrogens is 1. The van der Waals surface area contributed by atoms with Crippen LogP contribution in [0.5, 0.6) is 11.5 Å². The molecule has 0 saturated heterocycles. The van der Waals surface area contributed by atoms with E-state index in [0.717, 1.165) is 5.69 Å². The van der Waals surface area contributed by atoms with Crippen molar-refractivity contribution in [3.63, 3.8) is 0 Å². The molecule has 0 fully saturated rings. The van der Waals surface area contributed by atoms with Gasteiger partial charge in [-0.2, -0.15) is 5.06 Å². The molecule has 2 aliphatic heterocycles. The van der Waals surface area contributed by atoms with E-state index in [1.165, 1.54) is 9.96 Å². The summed E-state index contributed by atoms with van der Waals surface area (Å²) in [6.07, 6.45) is 2.32. The summed E-state index contributed by atoms with van der Waals surface area (Å²) in [6.45, 7) is 1.67. The number of amides is 3. The van der Waals surface area contributed by atoms with E-state index < -0.39 is 34.9 Å². The summed E-state index contributed by atoms with van der Waals surface area (Å²) in [5.74, 6) is -0.640. The van der Waals surface area contributed by atoms with Gasteiger partial charge in [-0.15, -0.1) is 0 Å². The van der Waals surface area contributed by atoms with Crippen LogP contribution in [0.4, 0.5) is 0 Å². The molecule has 12 radical (unpaired) electrons. The predicted octanol–water partition coefficient (Wildman–Crippen LogP) is -0.281. The minimum atomic E-state index is -2.26. The number of hydroxylamine groups is 2. The van der Waals surface area contributed by atoms with Gasteiger partial charge in [-0.25, -0.2) is 0 Å². The summed E-state index contributed by atoms with van der Waals surface area (Å²) < 4.78 is 11.4. The molecule has 190 valence electrons. The van der Waals surface area contributed by atoms with E-state index in [9.17, 15) is 14.4 Å². The summed E-state index contributed by atoms with van der Waals surface area (Å²) in [4.78, 5) is 46.9. The van der Waals surface area contributed by atoms with Crippen LogP contribution >= 0.6 is 11.6 Å². The average Bonchev–Trinajstić information content (AvgIpc) is 3.42. The first-order valence-corrected chi connectivity index (χ1v) is 12.1. The Morgan fingerprint density at radius 1 is 1.20 bits per heavy atom. The van der Waals surface area contributed by atoms with E-state index in [1.807, 2.05) is 0 Å². The Bertz CT molecular complexity index is 1410. The van der Waals surface area contributed by atoms with Gasteiger partial charge in [-0.3, -0.25) is 19.4 Å². The number of hydrogen-bond acceptors (Lipinski definition) is 7. The van der Waals surface area contributed by atoms with Gasteiger partial charge < -0.3 is 23.8 Å². The summed E-state index contributed by atoms with van der Waals surface area (Å²) in [6, 6.07) is 7.87. The molecule has 2 aromatic heterocycles. The molecule has 1 unspecified atom stereocenters. The monoisotopic (exact) mass is 546 g/mol. The molecular formula is C23H17B6ClN4O6. The smallest absolute Gasteiger partial charge is 0.294 e. The zero-order valence-electron chi connectivity index (χ0n) is 21.3. The largest absolute Gasteiger partial charge is 0.487 e. The first kappa shape index (κ1) is 29.6. The van der Waals surface area contributed by atoms with Crippen molar-refractivity contribution in [1.29, 1.82) is 0 Å². The maximum Gasteiger partial charge on any atom is 0.294 e. The molecule has 0 aliphatic carbocycles. The Balaban J connectivity index is 0.000000278. The van der Waals surface area contributed by atoms with Crippen LogP contribution in [-0.4, -0.2) is 115 Å². The molecule has 0 saturated carbocycles. The Kier molecular flexibility index (Phi) is 8.31. The Hall–Kier alpha value is -3.40. The number of hydrogen-bond donors (Lipinski definition) is 0. The van der Waals surface area contributed by atoms with E-state index in [4.69, 9.17) is 72.7 Å². The van der Waals surface area contributed by atoms with E-state index in [0.29, 0.717) is 39.6 Å². The Labute approximate surface area is 243 Å². The van der Waals surface area contributed by atoms with Gasteiger partial charge in [0.1, 0.15) is 31.0 Å². The number of ether oxygens (including phenoxy) is 1. The molecule has 2 aliphatic rings. The lowest BCUT2D eigenvalue weighted by Gasteiger charge is -2.49. The highest BCUT2D eigenvalue weighted by atomic mass is 35.5. The molecule has 0 spiro atoms. The van der Waals surface area contributed by atoms with E-state index in [-0.39, 0.29) is 18.1 Å². The number of halogens is 1. The predicted molar refractivity (Wildman–Crippen MR) is 151 cm³/mol. The molecule has 10 nitrogen and oxygen atoms in total. The van der Waals surface area contributed by atoms with Crippen LogP contribution in [0.3, 0.4) is 0 Å².